The molecule has 0 spiro atoms. The number of aliphatic hydroxyl groups is 2. The number of methoxy groups -OCH3 is 1. The number of unbranched alkanes of at least 4 members (excludes halogenated alkanes) is 22. The van der Waals surface area contributed by atoms with Gasteiger partial charge >= 0.3 is 0 Å². The van der Waals surface area contributed by atoms with Crippen LogP contribution in [0.3, 0.4) is 0 Å². The van der Waals surface area contributed by atoms with Crippen molar-refractivity contribution in [2.24, 2.45) is 11.5 Å². The molecule has 0 aromatic rings. The molecule has 1 saturated heterocycles. The van der Waals surface area contributed by atoms with Crippen LogP contribution in [0, 0.1) is 0 Å². The summed E-state index contributed by atoms with van der Waals surface area (Å²) < 4.78 is 23.6. The van der Waals surface area contributed by atoms with Crippen molar-refractivity contribution < 1.29 is 29.2 Å². The topological polar surface area (TPSA) is 141 Å². The largest absolute Gasteiger partial charge is 0.388 e. The van der Waals surface area contributed by atoms with E-state index in [1.165, 1.54) is 128 Å². The molecular weight excluding hydrogens is 594 g/mol. The molecule has 282 valence electrons. The number of hydrogen-bond donors (Lipinski definition) is 5. The van der Waals surface area contributed by atoms with Crippen LogP contribution in [0.5, 0.6) is 0 Å². The lowest BCUT2D eigenvalue weighted by Crippen LogP contribution is -2.64. The van der Waals surface area contributed by atoms with Gasteiger partial charge in [-0.25, -0.2) is 0 Å². The molecule has 1 fully saturated rings. The number of ether oxygens (including phenoxy) is 4. The van der Waals surface area contributed by atoms with Gasteiger partial charge in [0.2, 0.25) is 0 Å². The fourth-order valence-electron chi connectivity index (χ4n) is 6.44. The lowest BCUT2D eigenvalue weighted by atomic mass is 9.96. The second-order valence-corrected chi connectivity index (χ2v) is 13.9. The summed E-state index contributed by atoms with van der Waals surface area (Å²) in [6, 6.07) is -0.546. The zero-order valence-corrected chi connectivity index (χ0v) is 30.9. The maximum atomic E-state index is 10.9. The minimum Gasteiger partial charge on any atom is -0.388 e. The van der Waals surface area contributed by atoms with Crippen LogP contribution < -0.4 is 16.8 Å². The molecule has 0 aromatic heterocycles. The smallest absolute Gasteiger partial charge is 0.176 e. The molecule has 1 aliphatic rings. The van der Waals surface area contributed by atoms with E-state index in [1.54, 1.807) is 7.11 Å². The van der Waals surface area contributed by atoms with Crippen LogP contribution in [0.2, 0.25) is 0 Å². The summed E-state index contributed by atoms with van der Waals surface area (Å²) in [7, 11) is 1.66. The summed E-state index contributed by atoms with van der Waals surface area (Å²) in [5.41, 5.74) is 11.4. The molecule has 6 atom stereocenters. The Kier molecular flexibility index (Phi) is 31.2. The Morgan fingerprint density at radius 2 is 1.13 bits per heavy atom. The molecule has 1 heterocycles. The number of aliphatic hydroxyl groups excluding tert-OH is 2. The highest BCUT2D eigenvalue weighted by molar-refractivity contribution is 4.94. The first-order valence-corrected chi connectivity index (χ1v) is 20.0. The van der Waals surface area contributed by atoms with Crippen LogP contribution in [-0.4, -0.2) is 93.5 Å². The van der Waals surface area contributed by atoms with Gasteiger partial charge in [0.25, 0.3) is 0 Å². The van der Waals surface area contributed by atoms with Crippen LogP contribution in [0.25, 0.3) is 0 Å². The fraction of sp³-hybridized carbons (Fsp3) is 1.00. The normalized spacial score (nSPS) is 22.2. The summed E-state index contributed by atoms with van der Waals surface area (Å²) in [6.07, 6.45) is 27.2. The molecule has 0 bridgehead atoms. The van der Waals surface area contributed by atoms with E-state index in [0.717, 1.165) is 45.4 Å². The maximum absolute atomic E-state index is 10.9. The van der Waals surface area contributed by atoms with Gasteiger partial charge in [-0.2, -0.15) is 0 Å². The highest BCUT2D eigenvalue weighted by atomic mass is 16.7. The first-order chi connectivity index (χ1) is 23.1. The summed E-state index contributed by atoms with van der Waals surface area (Å²) in [5.74, 6) is 0. The van der Waals surface area contributed by atoms with E-state index in [2.05, 4.69) is 12.2 Å². The Bertz CT molecular complexity index is 649. The van der Waals surface area contributed by atoms with Crippen LogP contribution in [0.4, 0.5) is 0 Å². The molecule has 1 aliphatic heterocycles. The fourth-order valence-corrected chi connectivity index (χ4v) is 6.44. The predicted octanol–water partition coefficient (Wildman–Crippen LogP) is 6.74. The van der Waals surface area contributed by atoms with E-state index < -0.39 is 30.6 Å². The highest BCUT2D eigenvalue weighted by Crippen LogP contribution is 2.23. The van der Waals surface area contributed by atoms with Crippen molar-refractivity contribution in [3.63, 3.8) is 0 Å². The molecule has 47 heavy (non-hydrogen) atoms. The summed E-state index contributed by atoms with van der Waals surface area (Å²) in [5, 5.41) is 24.8. The third-order valence-corrected chi connectivity index (χ3v) is 9.67. The minimum atomic E-state index is -1.06. The van der Waals surface area contributed by atoms with Gasteiger partial charge in [0.1, 0.15) is 24.4 Å². The van der Waals surface area contributed by atoms with Gasteiger partial charge in [0, 0.05) is 20.3 Å². The van der Waals surface area contributed by atoms with E-state index in [9.17, 15) is 10.2 Å². The quantitative estimate of drug-likeness (QED) is 0.0463. The van der Waals surface area contributed by atoms with Crippen molar-refractivity contribution >= 4 is 0 Å². The Morgan fingerprint density at radius 1 is 0.638 bits per heavy atom. The van der Waals surface area contributed by atoms with Crippen molar-refractivity contribution in [2.45, 2.75) is 198 Å². The van der Waals surface area contributed by atoms with Crippen molar-refractivity contribution in [1.82, 2.24) is 5.32 Å². The van der Waals surface area contributed by atoms with Crippen LogP contribution >= 0.6 is 0 Å². The second-order valence-electron chi connectivity index (χ2n) is 13.9. The van der Waals surface area contributed by atoms with Gasteiger partial charge in [-0.15, -0.1) is 0 Å². The lowest BCUT2D eigenvalue weighted by Gasteiger charge is -2.43. The molecule has 9 heteroatoms. The molecule has 0 aliphatic carbocycles. The predicted molar refractivity (Wildman–Crippen MR) is 195 cm³/mol. The van der Waals surface area contributed by atoms with Crippen molar-refractivity contribution in [2.75, 3.05) is 46.6 Å². The molecule has 9 nitrogen and oxygen atoms in total. The van der Waals surface area contributed by atoms with E-state index in [4.69, 9.17) is 30.4 Å². The summed E-state index contributed by atoms with van der Waals surface area (Å²) >= 11 is 0. The molecule has 0 unspecified atom stereocenters. The molecule has 0 amide bonds. The molecule has 7 N–H and O–H groups in total. The van der Waals surface area contributed by atoms with Gasteiger partial charge in [0.15, 0.2) is 6.29 Å². The Labute approximate surface area is 290 Å². The highest BCUT2D eigenvalue weighted by Gasteiger charge is 2.44. The van der Waals surface area contributed by atoms with Crippen LogP contribution in [-0.2, 0) is 18.9 Å². The summed E-state index contributed by atoms with van der Waals surface area (Å²) in [4.78, 5) is 0. The first-order valence-electron chi connectivity index (χ1n) is 20.0. The monoisotopic (exact) mass is 674 g/mol. The lowest BCUT2D eigenvalue weighted by molar-refractivity contribution is -0.269. The average Bonchev–Trinajstić information content (AvgIpc) is 3.08. The number of rotatable bonds is 35. The van der Waals surface area contributed by atoms with Crippen molar-refractivity contribution in [3.8, 4) is 0 Å². The number of hydrogen-bond acceptors (Lipinski definition) is 9. The SMILES string of the molecule is CCCCCCCCCCCCCCCCOC[C@H](CO[C@@H]1O[C@H](CN)[C@@H](O)[C@H](O)[C@H]1NCCCCCCCCCCCCN)OC. The van der Waals surface area contributed by atoms with Gasteiger partial charge in [-0.1, -0.05) is 142 Å². The zero-order valence-electron chi connectivity index (χ0n) is 30.9. The Balaban J connectivity index is 2.18. The first kappa shape index (κ1) is 44.7. The molecule has 1 rings (SSSR count). The standard InChI is InChI=1S/C38H79N3O6/c1-3-4-5-6-7-8-9-10-11-14-17-20-23-26-29-45-31-33(44-2)32-46-38-35(37(43)36(42)34(30-40)47-38)41-28-25-22-19-16-13-12-15-18-21-24-27-39/h33-38,41-43H,3-32,39-40H2,1-2H3/t33-,34-,35-,36-,37-,38-/m1/s1. The Morgan fingerprint density at radius 3 is 1.62 bits per heavy atom. The van der Waals surface area contributed by atoms with Crippen molar-refractivity contribution in [3.05, 3.63) is 0 Å². The van der Waals surface area contributed by atoms with Crippen molar-refractivity contribution in [1.29, 1.82) is 0 Å². The molecule has 0 radical (unpaired) electrons. The molecule has 0 aromatic carbocycles. The second kappa shape index (κ2) is 32.8. The van der Waals surface area contributed by atoms with Gasteiger partial charge in [-0.3, -0.25) is 0 Å². The van der Waals surface area contributed by atoms with Gasteiger partial charge in [0.05, 0.1) is 19.3 Å². The maximum Gasteiger partial charge on any atom is 0.176 e. The average molecular weight is 674 g/mol. The number of nitrogens with two attached hydrogens (primary N) is 2. The Hall–Kier alpha value is -0.360. The molecular formula is C38H79N3O6. The number of nitrogens with one attached hydrogen (secondary N) is 1. The van der Waals surface area contributed by atoms with E-state index in [-0.39, 0.29) is 19.3 Å². The van der Waals surface area contributed by atoms with Crippen LogP contribution in [0.15, 0.2) is 0 Å². The third-order valence-electron chi connectivity index (χ3n) is 9.67. The van der Waals surface area contributed by atoms with Crippen LogP contribution in [0.1, 0.15) is 161 Å². The minimum absolute atomic E-state index is 0.105. The molecule has 0 saturated carbocycles. The third kappa shape index (κ3) is 23.6. The van der Waals surface area contributed by atoms with E-state index in [1.807, 2.05) is 0 Å². The summed E-state index contributed by atoms with van der Waals surface area (Å²) in [6.45, 7) is 5.34. The van der Waals surface area contributed by atoms with Gasteiger partial charge < -0.3 is 45.9 Å². The van der Waals surface area contributed by atoms with Gasteiger partial charge in [-0.05, 0) is 32.4 Å². The zero-order chi connectivity index (χ0) is 34.2. The van der Waals surface area contributed by atoms with E-state index >= 15 is 0 Å². The van der Waals surface area contributed by atoms with E-state index in [0.29, 0.717) is 6.61 Å².